The van der Waals surface area contributed by atoms with Crippen molar-refractivity contribution in [2.75, 3.05) is 11.9 Å². The van der Waals surface area contributed by atoms with E-state index in [0.29, 0.717) is 12.1 Å². The smallest absolute Gasteiger partial charge is 0.250 e. The molecule has 0 radical (unpaired) electrons. The number of pyridine rings is 1. The summed E-state index contributed by atoms with van der Waals surface area (Å²) in [7, 11) is 0. The Morgan fingerprint density at radius 2 is 2.17 bits per heavy atom. The molecule has 2 rings (SSSR count). The molecule has 0 bridgehead atoms. The summed E-state index contributed by atoms with van der Waals surface area (Å²) in [6.07, 6.45) is 5.41. The van der Waals surface area contributed by atoms with Gasteiger partial charge in [0.2, 0.25) is 0 Å². The van der Waals surface area contributed by atoms with E-state index in [1.165, 1.54) is 0 Å². The van der Waals surface area contributed by atoms with Gasteiger partial charge in [-0.25, -0.2) is 0 Å². The molecule has 4 nitrogen and oxygen atoms in total. The molecule has 18 heavy (non-hydrogen) atoms. The molecule has 1 saturated carbocycles. The number of aromatic nitrogens is 1. The Labute approximate surface area is 108 Å². The van der Waals surface area contributed by atoms with E-state index in [-0.39, 0.29) is 5.56 Å². The molecule has 1 aliphatic rings. The summed E-state index contributed by atoms with van der Waals surface area (Å²) < 4.78 is 7.30. The molecular weight excluding hydrogens is 228 g/mol. The maximum atomic E-state index is 11.6. The first-order valence-corrected chi connectivity index (χ1v) is 6.81. The summed E-state index contributed by atoms with van der Waals surface area (Å²) in [4.78, 5) is 11.6. The third-order valence-electron chi connectivity index (χ3n) is 3.32. The zero-order valence-corrected chi connectivity index (χ0v) is 11.2. The lowest BCUT2D eigenvalue weighted by Gasteiger charge is -2.36. The lowest BCUT2D eigenvalue weighted by Crippen LogP contribution is -2.41. The Morgan fingerprint density at radius 3 is 2.83 bits per heavy atom. The molecule has 0 spiro atoms. The van der Waals surface area contributed by atoms with E-state index >= 15 is 0 Å². The van der Waals surface area contributed by atoms with E-state index in [4.69, 9.17) is 4.74 Å². The van der Waals surface area contributed by atoms with Crippen LogP contribution in [0.25, 0.3) is 0 Å². The van der Waals surface area contributed by atoms with Crippen LogP contribution in [0.1, 0.15) is 33.1 Å². The van der Waals surface area contributed by atoms with Gasteiger partial charge in [-0.05, 0) is 32.3 Å². The quantitative estimate of drug-likeness (QED) is 0.842. The summed E-state index contributed by atoms with van der Waals surface area (Å²) in [5.41, 5.74) is 1.10. The predicted molar refractivity (Wildman–Crippen MR) is 73.1 cm³/mol. The van der Waals surface area contributed by atoms with Crippen LogP contribution in [0.2, 0.25) is 0 Å². The van der Waals surface area contributed by atoms with Crippen LogP contribution in [-0.4, -0.2) is 23.3 Å². The highest BCUT2D eigenvalue weighted by Crippen LogP contribution is 2.26. The maximum Gasteiger partial charge on any atom is 0.250 e. The van der Waals surface area contributed by atoms with Crippen molar-refractivity contribution >= 4 is 5.69 Å². The fraction of sp³-hybridized carbons (Fsp3) is 0.643. The van der Waals surface area contributed by atoms with Crippen molar-refractivity contribution in [1.29, 1.82) is 0 Å². The van der Waals surface area contributed by atoms with Gasteiger partial charge in [-0.15, -0.1) is 0 Å². The fourth-order valence-electron chi connectivity index (χ4n) is 2.32. The van der Waals surface area contributed by atoms with Crippen molar-refractivity contribution in [1.82, 2.24) is 4.57 Å². The molecule has 1 aliphatic carbocycles. The molecule has 0 aliphatic heterocycles. The summed E-state index contributed by atoms with van der Waals surface area (Å²) in [6, 6.07) is 3.98. The first-order chi connectivity index (χ1) is 8.72. The molecule has 0 saturated heterocycles. The minimum absolute atomic E-state index is 0.0724. The summed E-state index contributed by atoms with van der Waals surface area (Å²) in [5.74, 6) is 0. The van der Waals surface area contributed by atoms with Gasteiger partial charge in [0, 0.05) is 31.5 Å². The zero-order chi connectivity index (χ0) is 13.0. The lowest BCUT2D eigenvalue weighted by atomic mass is 9.89. The van der Waals surface area contributed by atoms with Crippen molar-refractivity contribution in [3.05, 3.63) is 28.7 Å². The molecule has 1 aromatic heterocycles. The largest absolute Gasteiger partial charge is 0.381 e. The summed E-state index contributed by atoms with van der Waals surface area (Å²) in [5, 5.41) is 3.45. The minimum Gasteiger partial charge on any atom is -0.381 e. The van der Waals surface area contributed by atoms with E-state index in [0.717, 1.165) is 38.1 Å². The molecule has 0 atom stereocenters. The Balaban J connectivity index is 1.90. The van der Waals surface area contributed by atoms with E-state index in [2.05, 4.69) is 12.2 Å². The van der Waals surface area contributed by atoms with Crippen LogP contribution in [0.15, 0.2) is 23.1 Å². The highest BCUT2D eigenvalue weighted by molar-refractivity contribution is 5.42. The third-order valence-corrected chi connectivity index (χ3v) is 3.32. The maximum absolute atomic E-state index is 11.6. The molecule has 0 aromatic carbocycles. The van der Waals surface area contributed by atoms with Gasteiger partial charge in [0.1, 0.15) is 0 Å². The second kappa shape index (κ2) is 6.05. The van der Waals surface area contributed by atoms with Crippen molar-refractivity contribution in [2.24, 2.45) is 0 Å². The molecule has 1 heterocycles. The van der Waals surface area contributed by atoms with Gasteiger partial charge < -0.3 is 14.6 Å². The standard InChI is InChI=1S/C14H22N2O2/c1-3-7-16-10-11(5-6-14(16)17)15-12-8-13(9-12)18-4-2/h5-6,10,12-13,15H,3-4,7-9H2,1-2H3. The topological polar surface area (TPSA) is 43.3 Å². The normalized spacial score (nSPS) is 22.6. The van der Waals surface area contributed by atoms with Crippen LogP contribution in [0.5, 0.6) is 0 Å². The van der Waals surface area contributed by atoms with Crippen LogP contribution >= 0.6 is 0 Å². The third kappa shape index (κ3) is 3.13. The van der Waals surface area contributed by atoms with Crippen LogP contribution in [-0.2, 0) is 11.3 Å². The number of aryl methyl sites for hydroxylation is 1. The molecule has 1 fully saturated rings. The second-order valence-corrected chi connectivity index (χ2v) is 4.84. The van der Waals surface area contributed by atoms with Crippen LogP contribution in [0.3, 0.4) is 0 Å². The minimum atomic E-state index is 0.0724. The predicted octanol–water partition coefficient (Wildman–Crippen LogP) is 2.24. The monoisotopic (exact) mass is 250 g/mol. The Hall–Kier alpha value is -1.29. The van der Waals surface area contributed by atoms with E-state index in [1.54, 1.807) is 10.6 Å². The van der Waals surface area contributed by atoms with Crippen molar-refractivity contribution < 1.29 is 4.74 Å². The van der Waals surface area contributed by atoms with Crippen molar-refractivity contribution in [3.8, 4) is 0 Å². The summed E-state index contributed by atoms with van der Waals surface area (Å²) in [6.45, 7) is 5.67. The second-order valence-electron chi connectivity index (χ2n) is 4.84. The average Bonchev–Trinajstić information content (AvgIpc) is 2.31. The van der Waals surface area contributed by atoms with E-state index in [1.807, 2.05) is 19.2 Å². The highest BCUT2D eigenvalue weighted by Gasteiger charge is 2.29. The van der Waals surface area contributed by atoms with Crippen LogP contribution in [0.4, 0.5) is 5.69 Å². The first-order valence-electron chi connectivity index (χ1n) is 6.81. The average molecular weight is 250 g/mol. The number of nitrogens with zero attached hydrogens (tertiary/aromatic N) is 1. The lowest BCUT2D eigenvalue weighted by molar-refractivity contribution is 0.00298. The number of anilines is 1. The van der Waals surface area contributed by atoms with Crippen LogP contribution < -0.4 is 10.9 Å². The van der Waals surface area contributed by atoms with Gasteiger partial charge in [-0.3, -0.25) is 4.79 Å². The van der Waals surface area contributed by atoms with Gasteiger partial charge in [0.15, 0.2) is 0 Å². The fourth-order valence-corrected chi connectivity index (χ4v) is 2.32. The van der Waals surface area contributed by atoms with E-state index < -0.39 is 0 Å². The molecule has 1 aromatic rings. The highest BCUT2D eigenvalue weighted by atomic mass is 16.5. The number of rotatable bonds is 6. The molecule has 0 amide bonds. The molecule has 1 N–H and O–H groups in total. The molecule has 0 unspecified atom stereocenters. The Bertz CT molecular complexity index is 436. The number of hydrogen-bond acceptors (Lipinski definition) is 3. The number of nitrogens with one attached hydrogen (secondary N) is 1. The van der Waals surface area contributed by atoms with Gasteiger partial charge in [-0.1, -0.05) is 6.92 Å². The number of ether oxygens (including phenoxy) is 1. The molecular formula is C14H22N2O2. The van der Waals surface area contributed by atoms with E-state index in [9.17, 15) is 4.79 Å². The van der Waals surface area contributed by atoms with Gasteiger partial charge in [0.05, 0.1) is 11.8 Å². The van der Waals surface area contributed by atoms with Gasteiger partial charge >= 0.3 is 0 Å². The molecule has 4 heteroatoms. The Morgan fingerprint density at radius 1 is 1.39 bits per heavy atom. The summed E-state index contributed by atoms with van der Waals surface area (Å²) >= 11 is 0. The SMILES string of the molecule is CCCn1cc(NC2CC(OCC)C2)ccc1=O. The van der Waals surface area contributed by atoms with Gasteiger partial charge in [0.25, 0.3) is 5.56 Å². The van der Waals surface area contributed by atoms with Crippen molar-refractivity contribution in [2.45, 2.75) is 51.8 Å². The zero-order valence-electron chi connectivity index (χ0n) is 11.2. The Kier molecular flexibility index (Phi) is 4.42. The number of hydrogen-bond donors (Lipinski definition) is 1. The van der Waals surface area contributed by atoms with Crippen LogP contribution in [0, 0.1) is 0 Å². The first kappa shape index (κ1) is 13.1. The van der Waals surface area contributed by atoms with Crippen molar-refractivity contribution in [3.63, 3.8) is 0 Å². The van der Waals surface area contributed by atoms with Gasteiger partial charge in [-0.2, -0.15) is 0 Å². The molecule has 100 valence electrons.